The van der Waals surface area contributed by atoms with E-state index in [9.17, 15) is 8.42 Å². The smallest absolute Gasteiger partial charge is 0.279 e. The molecule has 3 rings (SSSR count). The van der Waals surface area contributed by atoms with Crippen molar-refractivity contribution >= 4 is 56.6 Å². The molecule has 3 N–H and O–H groups in total. The molecule has 34 heavy (non-hydrogen) atoms. The van der Waals surface area contributed by atoms with E-state index in [1.54, 1.807) is 36.4 Å². The summed E-state index contributed by atoms with van der Waals surface area (Å²) in [5, 5.41) is 6.87. The van der Waals surface area contributed by atoms with Gasteiger partial charge in [0.2, 0.25) is 5.95 Å². The lowest BCUT2D eigenvalue weighted by molar-refractivity contribution is 0.355. The Hall–Kier alpha value is -2.83. The van der Waals surface area contributed by atoms with Gasteiger partial charge in [0, 0.05) is 38.1 Å². The second-order valence-corrected chi connectivity index (χ2v) is 9.92. The average molecular weight is 527 g/mol. The van der Waals surface area contributed by atoms with Crippen LogP contribution in [0.5, 0.6) is 11.5 Å². The first-order valence-electron chi connectivity index (χ1n) is 9.87. The Morgan fingerprint density at radius 2 is 1.68 bits per heavy atom. The van der Waals surface area contributed by atoms with Gasteiger partial charge in [0.25, 0.3) is 10.2 Å². The van der Waals surface area contributed by atoms with Gasteiger partial charge in [-0.1, -0.05) is 35.3 Å². The molecule has 0 fully saturated rings. The molecule has 13 heteroatoms. The topological polar surface area (TPSA) is 118 Å². The molecule has 182 valence electrons. The van der Waals surface area contributed by atoms with Gasteiger partial charge in [0.15, 0.2) is 17.3 Å². The largest absolute Gasteiger partial charge is 0.493 e. The molecule has 2 aromatic carbocycles. The molecule has 0 aliphatic heterocycles. The third kappa shape index (κ3) is 6.39. The highest BCUT2D eigenvalue weighted by Gasteiger charge is 2.14. The van der Waals surface area contributed by atoms with Crippen molar-refractivity contribution in [3.8, 4) is 11.5 Å². The number of anilines is 4. The first-order valence-corrected chi connectivity index (χ1v) is 12.1. The van der Waals surface area contributed by atoms with E-state index in [0.29, 0.717) is 38.7 Å². The molecule has 1 aromatic heterocycles. The number of hydrogen-bond donors (Lipinski definition) is 3. The molecule has 0 spiro atoms. The highest BCUT2D eigenvalue weighted by atomic mass is 35.5. The molecule has 0 aliphatic carbocycles. The van der Waals surface area contributed by atoms with Gasteiger partial charge in [-0.05, 0) is 23.8 Å². The van der Waals surface area contributed by atoms with Crippen LogP contribution in [0, 0.1) is 0 Å². The van der Waals surface area contributed by atoms with Crippen LogP contribution in [-0.4, -0.2) is 51.0 Å². The minimum Gasteiger partial charge on any atom is -0.493 e. The summed E-state index contributed by atoms with van der Waals surface area (Å²) in [7, 11) is 2.45. The van der Waals surface area contributed by atoms with Crippen molar-refractivity contribution in [1.29, 1.82) is 0 Å². The molecule has 0 saturated carbocycles. The zero-order valence-corrected chi connectivity index (χ0v) is 21.2. The minimum atomic E-state index is -3.50. The van der Waals surface area contributed by atoms with E-state index in [-0.39, 0.29) is 12.5 Å². The summed E-state index contributed by atoms with van der Waals surface area (Å²) in [5.74, 6) is 1.54. The number of halogens is 2. The van der Waals surface area contributed by atoms with Crippen LogP contribution in [0.3, 0.4) is 0 Å². The fourth-order valence-electron chi connectivity index (χ4n) is 2.78. The summed E-state index contributed by atoms with van der Waals surface area (Å²) in [5.41, 5.74) is 2.10. The van der Waals surface area contributed by atoms with Crippen molar-refractivity contribution in [3.63, 3.8) is 0 Å². The second kappa shape index (κ2) is 11.1. The van der Waals surface area contributed by atoms with Gasteiger partial charge in [-0.3, -0.25) is 0 Å². The van der Waals surface area contributed by atoms with E-state index in [0.717, 1.165) is 9.87 Å². The summed E-state index contributed by atoms with van der Waals surface area (Å²) < 4.78 is 37.9. The molecular formula is C21H24Cl2N6O4S. The zero-order chi connectivity index (χ0) is 24.9. The summed E-state index contributed by atoms with van der Waals surface area (Å²) in [6.45, 7) is 0.164. The Bertz CT molecular complexity index is 1260. The normalized spacial score (nSPS) is 11.4. The quantitative estimate of drug-likeness (QED) is 0.360. The number of methoxy groups -OCH3 is 2. The molecule has 1 heterocycles. The number of ether oxygens (including phenoxy) is 2. The first-order chi connectivity index (χ1) is 16.1. The van der Waals surface area contributed by atoms with Crippen LogP contribution in [-0.2, 0) is 16.8 Å². The van der Waals surface area contributed by atoms with E-state index < -0.39 is 10.2 Å². The molecule has 0 bridgehead atoms. The Balaban J connectivity index is 1.73. The first kappa shape index (κ1) is 25.8. The summed E-state index contributed by atoms with van der Waals surface area (Å²) in [6.07, 6.45) is 1.46. The third-order valence-corrected chi connectivity index (χ3v) is 6.62. The van der Waals surface area contributed by atoms with E-state index in [1.165, 1.54) is 34.5 Å². The number of hydrogen-bond acceptors (Lipinski definition) is 8. The molecule has 3 aromatic rings. The van der Waals surface area contributed by atoms with E-state index in [4.69, 9.17) is 32.7 Å². The Morgan fingerprint density at radius 3 is 2.29 bits per heavy atom. The minimum absolute atomic E-state index is 0.164. The van der Waals surface area contributed by atoms with Crippen LogP contribution < -0.4 is 24.8 Å². The number of nitrogens with one attached hydrogen (secondary N) is 3. The fraction of sp³-hybridized carbons (Fsp3) is 0.238. The summed E-state index contributed by atoms with van der Waals surface area (Å²) >= 11 is 12.5. The van der Waals surface area contributed by atoms with Crippen molar-refractivity contribution in [2.45, 2.75) is 6.54 Å². The van der Waals surface area contributed by atoms with Gasteiger partial charge >= 0.3 is 0 Å². The van der Waals surface area contributed by atoms with Gasteiger partial charge in [-0.2, -0.15) is 22.4 Å². The zero-order valence-electron chi connectivity index (χ0n) is 18.9. The molecule has 0 radical (unpaired) electrons. The lowest BCUT2D eigenvalue weighted by Crippen LogP contribution is -2.35. The van der Waals surface area contributed by atoms with Gasteiger partial charge in [0.1, 0.15) is 5.02 Å². The van der Waals surface area contributed by atoms with Crippen LogP contribution >= 0.6 is 23.2 Å². The van der Waals surface area contributed by atoms with E-state index in [1.807, 2.05) is 0 Å². The maximum atomic E-state index is 11.8. The third-order valence-electron chi connectivity index (χ3n) is 4.59. The molecule has 0 saturated heterocycles. The van der Waals surface area contributed by atoms with Gasteiger partial charge in [-0.15, -0.1) is 0 Å². The molecule has 0 aliphatic rings. The van der Waals surface area contributed by atoms with Gasteiger partial charge in [0.05, 0.1) is 25.4 Å². The predicted molar refractivity (Wildman–Crippen MR) is 134 cm³/mol. The van der Waals surface area contributed by atoms with Crippen molar-refractivity contribution in [1.82, 2.24) is 19.0 Å². The standard InChI is InChI=1S/C21H24Cl2N6O4S/c1-29(2)34(30,31)25-11-13-5-7-14(8-6-13)26-20-17(23)12-24-21(28-20)27-15-9-16(22)19(33-4)18(10-15)32-3/h5-10,12,25H,11H2,1-4H3,(H2,24,26,27,28). The SMILES string of the molecule is COc1cc(Nc2ncc(Cl)c(Nc3ccc(CNS(=O)(=O)N(C)C)cc3)n2)cc(Cl)c1OC. The molecular weight excluding hydrogens is 503 g/mol. The average Bonchev–Trinajstić information content (AvgIpc) is 2.80. The number of benzene rings is 2. The maximum absolute atomic E-state index is 11.8. The Kier molecular flexibility index (Phi) is 8.39. The van der Waals surface area contributed by atoms with Crippen molar-refractivity contribution in [2.24, 2.45) is 0 Å². The van der Waals surface area contributed by atoms with Crippen LogP contribution in [0.2, 0.25) is 10.0 Å². The fourth-order valence-corrected chi connectivity index (χ4v) is 3.81. The van der Waals surface area contributed by atoms with Crippen molar-refractivity contribution < 1.29 is 17.9 Å². The van der Waals surface area contributed by atoms with Gasteiger partial charge < -0.3 is 20.1 Å². The van der Waals surface area contributed by atoms with Gasteiger partial charge in [-0.25, -0.2) is 4.98 Å². The highest BCUT2D eigenvalue weighted by molar-refractivity contribution is 7.87. The molecule has 0 atom stereocenters. The number of aromatic nitrogens is 2. The predicted octanol–water partition coefficient (Wildman–Crippen LogP) is 4.18. The van der Waals surface area contributed by atoms with Crippen molar-refractivity contribution in [3.05, 3.63) is 58.2 Å². The highest BCUT2D eigenvalue weighted by Crippen LogP contribution is 2.38. The van der Waals surface area contributed by atoms with E-state index in [2.05, 4.69) is 25.3 Å². The van der Waals surface area contributed by atoms with Crippen LogP contribution in [0.4, 0.5) is 23.1 Å². The van der Waals surface area contributed by atoms with Crippen LogP contribution in [0.1, 0.15) is 5.56 Å². The monoisotopic (exact) mass is 526 g/mol. The van der Waals surface area contributed by atoms with Crippen LogP contribution in [0.15, 0.2) is 42.6 Å². The summed E-state index contributed by atoms with van der Waals surface area (Å²) in [4.78, 5) is 8.62. The second-order valence-electron chi connectivity index (χ2n) is 7.14. The molecule has 10 nitrogen and oxygen atoms in total. The lowest BCUT2D eigenvalue weighted by Gasteiger charge is -2.14. The molecule has 0 unspecified atom stereocenters. The number of nitrogens with zero attached hydrogens (tertiary/aromatic N) is 3. The maximum Gasteiger partial charge on any atom is 0.279 e. The van der Waals surface area contributed by atoms with Crippen molar-refractivity contribution in [2.75, 3.05) is 38.9 Å². The Labute approximate surface area is 208 Å². The lowest BCUT2D eigenvalue weighted by atomic mass is 10.2. The van der Waals surface area contributed by atoms with Crippen LogP contribution in [0.25, 0.3) is 0 Å². The van der Waals surface area contributed by atoms with E-state index >= 15 is 0 Å². The summed E-state index contributed by atoms with van der Waals surface area (Å²) in [6, 6.07) is 10.5. The number of rotatable bonds is 10. The Morgan fingerprint density at radius 1 is 0.971 bits per heavy atom. The molecule has 0 amide bonds.